The molecule has 0 amide bonds. The summed E-state index contributed by atoms with van der Waals surface area (Å²) in [7, 11) is -1.33. The van der Waals surface area contributed by atoms with Crippen LogP contribution in [0.1, 0.15) is 50.2 Å². The second-order valence-electron chi connectivity index (χ2n) is 22.5. The van der Waals surface area contributed by atoms with Crippen molar-refractivity contribution >= 4 is 28.1 Å². The van der Waals surface area contributed by atoms with E-state index < -0.39 is 56.7 Å². The zero-order valence-electron chi connectivity index (χ0n) is 46.0. The molecule has 0 atom stereocenters. The lowest BCUT2D eigenvalue weighted by Crippen LogP contribution is -2.32. The maximum absolute atomic E-state index is 13.5. The summed E-state index contributed by atoms with van der Waals surface area (Å²) in [6, 6.07) is 19.6. The number of carboxylic acid groups (broad SMARTS) is 1. The maximum Gasteiger partial charge on any atom is 0.434 e. The standard InChI is InChI=1S/C28H36F3N3O4Si.C27H34F3N3O4Si/c1-19-14-23(20-8-10-21(11-9-20)38-17-27(2,3)26(35)36-4)32-15-22(19)25-33-24(28(29,30)31)16-34(25)18-37-12-13-39(5,6)7;1-18-13-22(19-7-9-20(10-8-19)37-16-26(2,3)25(34)35)31-14-21(18)24-32-23(27(28,29)30)15-33(24)17-36-11-12-38(4,5)6/h8-11,14-16H,12-13,17-18H2,1-7H3;7-10,13-15H,11-12,16-17H2,1-6H3,(H,34,35). The minimum atomic E-state index is -4.58. The third kappa shape index (κ3) is 17.8. The number of methoxy groups -OCH3 is 1. The zero-order valence-corrected chi connectivity index (χ0v) is 48.0. The number of pyridine rings is 2. The summed E-state index contributed by atoms with van der Waals surface area (Å²) in [4.78, 5) is 39.9. The molecule has 418 valence electrons. The van der Waals surface area contributed by atoms with E-state index in [0.29, 0.717) is 52.8 Å². The van der Waals surface area contributed by atoms with Crippen molar-refractivity contribution in [3.05, 3.63) is 108 Å². The lowest BCUT2D eigenvalue weighted by atomic mass is 9.95. The molecule has 77 heavy (non-hydrogen) atoms. The number of esters is 1. The van der Waals surface area contributed by atoms with Crippen LogP contribution < -0.4 is 9.47 Å². The minimum Gasteiger partial charge on any atom is -0.492 e. The van der Waals surface area contributed by atoms with Crippen LogP contribution in [0.15, 0.2) is 85.5 Å². The molecule has 0 saturated heterocycles. The Bertz CT molecular complexity index is 2950. The van der Waals surface area contributed by atoms with Crippen LogP contribution in [0.5, 0.6) is 11.5 Å². The highest BCUT2D eigenvalue weighted by Crippen LogP contribution is 2.35. The second-order valence-corrected chi connectivity index (χ2v) is 33.7. The largest absolute Gasteiger partial charge is 0.492 e. The van der Waals surface area contributed by atoms with E-state index in [0.717, 1.165) is 41.2 Å². The van der Waals surface area contributed by atoms with Crippen molar-refractivity contribution in [3.8, 4) is 56.8 Å². The summed E-state index contributed by atoms with van der Waals surface area (Å²) in [6.45, 7) is 24.6. The van der Waals surface area contributed by atoms with E-state index >= 15 is 0 Å². The Morgan fingerprint density at radius 1 is 0.597 bits per heavy atom. The molecule has 14 nitrogen and oxygen atoms in total. The number of carbonyl (C=O) groups is 2. The molecule has 6 aromatic rings. The molecule has 0 aliphatic heterocycles. The Kier molecular flexibility index (Phi) is 19.9. The van der Waals surface area contributed by atoms with Gasteiger partial charge in [0.05, 0.1) is 29.3 Å². The first-order valence-corrected chi connectivity index (χ1v) is 32.3. The number of carboxylic acids is 1. The topological polar surface area (TPSA) is 162 Å². The second kappa shape index (κ2) is 25.0. The van der Waals surface area contributed by atoms with Gasteiger partial charge in [0.25, 0.3) is 0 Å². The summed E-state index contributed by atoms with van der Waals surface area (Å²) in [5, 5.41) is 9.23. The van der Waals surface area contributed by atoms with Gasteiger partial charge in [0, 0.05) is 76.4 Å². The fraction of sp³-hybridized carbons (Fsp3) is 0.455. The Hall–Kier alpha value is -6.37. The smallest absolute Gasteiger partial charge is 0.434 e. The van der Waals surface area contributed by atoms with Crippen molar-refractivity contribution in [2.24, 2.45) is 10.8 Å². The lowest BCUT2D eigenvalue weighted by molar-refractivity contribution is -0.152. The molecular formula is C55H70F6N6O8Si2. The molecular weight excluding hydrogens is 1040 g/mol. The summed E-state index contributed by atoms with van der Waals surface area (Å²) in [5.74, 6) is 0.0951. The van der Waals surface area contributed by atoms with Gasteiger partial charge in [-0.25, -0.2) is 9.97 Å². The number of carbonyl (C=O) groups excluding carboxylic acids is 1. The van der Waals surface area contributed by atoms with Gasteiger partial charge in [-0.15, -0.1) is 0 Å². The van der Waals surface area contributed by atoms with Crippen LogP contribution in [0.25, 0.3) is 45.3 Å². The average Bonchev–Trinajstić information content (AvgIpc) is 3.98. The number of aromatic nitrogens is 6. The number of halogens is 6. The van der Waals surface area contributed by atoms with Gasteiger partial charge in [-0.05, 0) is 125 Å². The van der Waals surface area contributed by atoms with Gasteiger partial charge in [-0.1, -0.05) is 39.3 Å². The molecule has 0 spiro atoms. The van der Waals surface area contributed by atoms with Gasteiger partial charge in [-0.3, -0.25) is 19.6 Å². The molecule has 4 aromatic heterocycles. The Morgan fingerprint density at radius 2 is 0.961 bits per heavy atom. The fourth-order valence-corrected chi connectivity index (χ4v) is 8.59. The zero-order chi connectivity index (χ0) is 57.3. The number of alkyl halides is 6. The van der Waals surface area contributed by atoms with Crippen molar-refractivity contribution in [3.63, 3.8) is 0 Å². The van der Waals surface area contributed by atoms with Gasteiger partial charge in [0.15, 0.2) is 11.4 Å². The van der Waals surface area contributed by atoms with E-state index in [9.17, 15) is 41.0 Å². The normalized spacial score (nSPS) is 12.5. The van der Waals surface area contributed by atoms with Crippen LogP contribution in [0.2, 0.25) is 51.4 Å². The molecule has 0 saturated carbocycles. The van der Waals surface area contributed by atoms with Crippen molar-refractivity contribution in [2.75, 3.05) is 33.5 Å². The molecule has 0 unspecified atom stereocenters. The third-order valence-electron chi connectivity index (χ3n) is 12.1. The van der Waals surface area contributed by atoms with Gasteiger partial charge in [0.2, 0.25) is 0 Å². The Labute approximate surface area is 448 Å². The number of aryl methyl sites for hydroxylation is 2. The van der Waals surface area contributed by atoms with Crippen molar-refractivity contribution in [1.29, 1.82) is 0 Å². The van der Waals surface area contributed by atoms with Crippen LogP contribution in [0.4, 0.5) is 26.3 Å². The SMILES string of the molecule is COC(=O)C(C)(C)COc1ccc(-c2cc(C)c(-c3nc(C(F)(F)F)cn3COCC[Si](C)(C)C)cn2)cc1.Cc1cc(-c2ccc(OCC(C)(C)C(=O)O)cc2)ncc1-c1nc(C(F)(F)F)cn1COCC[Si](C)(C)C. The molecule has 4 heterocycles. The first-order valence-electron chi connectivity index (χ1n) is 24.8. The average molecular weight is 1110 g/mol. The highest BCUT2D eigenvalue weighted by molar-refractivity contribution is 6.76. The number of imidazole rings is 2. The number of benzene rings is 2. The van der Waals surface area contributed by atoms with E-state index in [1.165, 1.54) is 28.6 Å². The monoisotopic (exact) mass is 1110 g/mol. The lowest BCUT2D eigenvalue weighted by Gasteiger charge is -2.21. The van der Waals surface area contributed by atoms with Crippen LogP contribution in [0, 0.1) is 24.7 Å². The number of hydrogen-bond acceptors (Lipinski definition) is 11. The fourth-order valence-electron chi connectivity index (χ4n) is 7.08. The maximum atomic E-state index is 13.5. The van der Waals surface area contributed by atoms with Crippen LogP contribution in [-0.2, 0) is 49.6 Å². The third-order valence-corrected chi connectivity index (χ3v) is 15.5. The summed E-state index contributed by atoms with van der Waals surface area (Å²) in [5.41, 5.74) is 1.50. The van der Waals surface area contributed by atoms with Crippen molar-refractivity contribution in [2.45, 2.75) is 119 Å². The number of rotatable bonds is 22. The van der Waals surface area contributed by atoms with E-state index in [1.807, 2.05) is 25.1 Å². The van der Waals surface area contributed by atoms with Gasteiger partial charge >= 0.3 is 24.3 Å². The molecule has 1 N–H and O–H groups in total. The van der Waals surface area contributed by atoms with E-state index in [4.69, 9.17) is 23.7 Å². The number of ether oxygens (including phenoxy) is 5. The first-order chi connectivity index (χ1) is 35.7. The molecule has 6 rings (SSSR count). The molecule has 0 fully saturated rings. The van der Waals surface area contributed by atoms with Crippen LogP contribution >= 0.6 is 0 Å². The predicted octanol–water partition coefficient (Wildman–Crippen LogP) is 13.6. The first kappa shape index (κ1) is 61.5. The van der Waals surface area contributed by atoms with Crippen LogP contribution in [-0.4, -0.2) is 95.8 Å². The van der Waals surface area contributed by atoms with Crippen molar-refractivity contribution in [1.82, 2.24) is 29.1 Å². The van der Waals surface area contributed by atoms with E-state index in [-0.39, 0.29) is 44.3 Å². The highest BCUT2D eigenvalue weighted by Gasteiger charge is 2.37. The number of nitrogens with zero attached hydrogens (tertiary/aromatic N) is 6. The van der Waals surface area contributed by atoms with Gasteiger partial charge < -0.3 is 37.9 Å². The van der Waals surface area contributed by atoms with Gasteiger partial charge in [-0.2, -0.15) is 26.3 Å². The molecule has 2 aromatic carbocycles. The Morgan fingerprint density at radius 3 is 1.27 bits per heavy atom. The minimum absolute atomic E-state index is 0.0160. The highest BCUT2D eigenvalue weighted by atomic mass is 28.3. The molecule has 0 aliphatic carbocycles. The Balaban J connectivity index is 0.000000284. The van der Waals surface area contributed by atoms with Crippen LogP contribution in [0.3, 0.4) is 0 Å². The van der Waals surface area contributed by atoms with Crippen molar-refractivity contribution < 1.29 is 64.7 Å². The number of hydrogen-bond donors (Lipinski definition) is 1. The van der Waals surface area contributed by atoms with E-state index in [1.54, 1.807) is 77.1 Å². The summed E-state index contributed by atoms with van der Waals surface area (Å²) in [6.07, 6.45) is -4.14. The quantitative estimate of drug-likeness (QED) is 0.0297. The number of aliphatic carboxylic acids is 1. The summed E-state index contributed by atoms with van der Waals surface area (Å²) < 4.78 is 111. The predicted molar refractivity (Wildman–Crippen MR) is 288 cm³/mol. The molecule has 0 bridgehead atoms. The van der Waals surface area contributed by atoms with Gasteiger partial charge in [0.1, 0.15) is 49.8 Å². The molecule has 0 radical (unpaired) electrons. The summed E-state index contributed by atoms with van der Waals surface area (Å²) >= 11 is 0. The van der Waals surface area contributed by atoms with E-state index in [2.05, 4.69) is 59.2 Å². The molecule has 22 heteroatoms. The molecule has 0 aliphatic rings.